The zero-order valence-corrected chi connectivity index (χ0v) is 22.2. The second-order valence-corrected chi connectivity index (χ2v) is 10.8. The van der Waals surface area contributed by atoms with Crippen LogP contribution in [0.15, 0.2) is 42.7 Å². The van der Waals surface area contributed by atoms with Crippen molar-refractivity contribution in [1.29, 1.82) is 0 Å². The van der Waals surface area contributed by atoms with E-state index in [0.717, 1.165) is 68.8 Å². The maximum absolute atomic E-state index is 12.1. The highest BCUT2D eigenvalue weighted by Gasteiger charge is 2.42. The van der Waals surface area contributed by atoms with E-state index < -0.39 is 0 Å². The molecule has 3 N–H and O–H groups in total. The van der Waals surface area contributed by atoms with E-state index in [4.69, 9.17) is 20.4 Å². The van der Waals surface area contributed by atoms with Crippen LogP contribution < -0.4 is 15.5 Å². The summed E-state index contributed by atoms with van der Waals surface area (Å²) in [6.45, 7) is 3.87. The van der Waals surface area contributed by atoms with E-state index in [1.807, 2.05) is 37.5 Å². The van der Waals surface area contributed by atoms with Crippen LogP contribution in [0.2, 0.25) is 0 Å². The van der Waals surface area contributed by atoms with Gasteiger partial charge in [-0.3, -0.25) is 4.79 Å². The largest absolute Gasteiger partial charge is 0.507 e. The van der Waals surface area contributed by atoms with E-state index in [-0.39, 0.29) is 29.7 Å². The Hall–Kier alpha value is -3.95. The van der Waals surface area contributed by atoms with Gasteiger partial charge in [0.1, 0.15) is 5.75 Å². The number of carbonyl (C=O) groups is 1. The third-order valence-electron chi connectivity index (χ3n) is 8.51. The second kappa shape index (κ2) is 10.7. The molecule has 2 unspecified atom stereocenters. The minimum atomic E-state index is -0.0593. The number of carbonyl (C=O) groups excluding carboxylic acids is 1. The van der Waals surface area contributed by atoms with E-state index in [1.165, 1.54) is 0 Å². The number of hydrogen-bond acceptors (Lipinski definition) is 10. The number of ether oxygens (including phenoxy) is 1. The van der Waals surface area contributed by atoms with Crippen molar-refractivity contribution in [2.75, 3.05) is 35.2 Å². The average Bonchev–Trinajstić information content (AvgIpc) is 3.23. The number of fused-ring (bicyclic) bond motifs is 2. The van der Waals surface area contributed by atoms with Crippen molar-refractivity contribution in [1.82, 2.24) is 20.2 Å². The summed E-state index contributed by atoms with van der Waals surface area (Å²) in [6, 6.07) is 9.60. The molecule has 1 saturated carbocycles. The number of benzene rings is 1. The van der Waals surface area contributed by atoms with Crippen LogP contribution in [-0.4, -0.2) is 63.0 Å². The highest BCUT2D eigenvalue weighted by atomic mass is 16.5. The SMILES string of the molecule is CCOC(=O)C1CCC(c2cnc(N3C4CCC3CN(c3cc(-c5ccccc5O)nnc3N)C4)nc2)CC1. The lowest BCUT2D eigenvalue weighted by Crippen LogP contribution is -2.54. The maximum Gasteiger partial charge on any atom is 0.308 e. The molecular weight excluding hydrogens is 494 g/mol. The first-order valence-electron chi connectivity index (χ1n) is 13.9. The molecule has 6 rings (SSSR count). The quantitative estimate of drug-likeness (QED) is 0.453. The lowest BCUT2D eigenvalue weighted by Gasteiger charge is -2.42. The summed E-state index contributed by atoms with van der Waals surface area (Å²) in [6.07, 6.45) is 9.72. The molecule has 0 spiro atoms. The van der Waals surface area contributed by atoms with Gasteiger partial charge in [-0.25, -0.2) is 9.97 Å². The molecule has 39 heavy (non-hydrogen) atoms. The van der Waals surface area contributed by atoms with Gasteiger partial charge in [-0.05, 0) is 75.1 Å². The molecule has 2 aromatic heterocycles. The Bertz CT molecular complexity index is 1310. The van der Waals surface area contributed by atoms with Crippen LogP contribution in [0.25, 0.3) is 11.3 Å². The fourth-order valence-corrected chi connectivity index (χ4v) is 6.49. The number of anilines is 3. The monoisotopic (exact) mass is 529 g/mol. The highest BCUT2D eigenvalue weighted by molar-refractivity contribution is 5.74. The van der Waals surface area contributed by atoms with E-state index in [0.29, 0.717) is 29.6 Å². The minimum absolute atomic E-state index is 0.0207. The summed E-state index contributed by atoms with van der Waals surface area (Å²) in [7, 11) is 0. The molecule has 3 fully saturated rings. The Morgan fingerprint density at radius 2 is 1.72 bits per heavy atom. The normalized spacial score (nSPS) is 24.5. The van der Waals surface area contributed by atoms with Crippen molar-refractivity contribution < 1.29 is 14.6 Å². The molecule has 0 amide bonds. The van der Waals surface area contributed by atoms with Crippen LogP contribution in [0.4, 0.5) is 17.5 Å². The number of rotatable bonds is 6. The second-order valence-electron chi connectivity index (χ2n) is 10.8. The number of piperazine rings is 1. The van der Waals surface area contributed by atoms with Crippen LogP contribution in [0.3, 0.4) is 0 Å². The zero-order valence-electron chi connectivity index (χ0n) is 22.2. The molecule has 3 aliphatic rings. The summed E-state index contributed by atoms with van der Waals surface area (Å²) in [5.74, 6) is 1.68. The van der Waals surface area contributed by atoms with E-state index in [1.54, 1.807) is 12.1 Å². The summed E-state index contributed by atoms with van der Waals surface area (Å²) < 4.78 is 5.21. The molecule has 2 bridgehead atoms. The van der Waals surface area contributed by atoms with Crippen molar-refractivity contribution in [3.8, 4) is 17.0 Å². The molecule has 4 heterocycles. The number of nitrogen functional groups attached to an aromatic ring is 1. The number of aromatic hydroxyl groups is 1. The van der Waals surface area contributed by atoms with E-state index >= 15 is 0 Å². The Morgan fingerprint density at radius 3 is 2.38 bits per heavy atom. The number of para-hydroxylation sites is 1. The smallest absolute Gasteiger partial charge is 0.308 e. The molecule has 1 aromatic carbocycles. The van der Waals surface area contributed by atoms with Crippen LogP contribution in [0, 0.1) is 5.92 Å². The summed E-state index contributed by atoms with van der Waals surface area (Å²) in [4.78, 5) is 26.3. The number of phenols is 1. The summed E-state index contributed by atoms with van der Waals surface area (Å²) in [5.41, 5.74) is 9.51. The Kier molecular flexibility index (Phi) is 6.93. The fourth-order valence-electron chi connectivity index (χ4n) is 6.49. The van der Waals surface area contributed by atoms with Crippen LogP contribution in [-0.2, 0) is 9.53 Å². The van der Waals surface area contributed by atoms with Crippen LogP contribution in [0.5, 0.6) is 5.75 Å². The van der Waals surface area contributed by atoms with Gasteiger partial charge in [-0.1, -0.05) is 12.1 Å². The molecule has 2 saturated heterocycles. The molecule has 204 valence electrons. The van der Waals surface area contributed by atoms with Gasteiger partial charge in [-0.2, -0.15) is 0 Å². The van der Waals surface area contributed by atoms with Crippen molar-refractivity contribution in [3.63, 3.8) is 0 Å². The van der Waals surface area contributed by atoms with Gasteiger partial charge in [-0.15, -0.1) is 10.2 Å². The Labute approximate surface area is 228 Å². The molecule has 3 aromatic rings. The number of esters is 1. The first-order chi connectivity index (χ1) is 19.0. The van der Waals surface area contributed by atoms with Gasteiger partial charge < -0.3 is 25.4 Å². The number of aromatic nitrogens is 4. The van der Waals surface area contributed by atoms with Gasteiger partial charge >= 0.3 is 5.97 Å². The number of nitrogens with two attached hydrogens (primary N) is 1. The van der Waals surface area contributed by atoms with Gasteiger partial charge in [0.15, 0.2) is 5.82 Å². The van der Waals surface area contributed by atoms with Crippen molar-refractivity contribution >= 4 is 23.4 Å². The number of nitrogens with zero attached hydrogens (tertiary/aromatic N) is 6. The van der Waals surface area contributed by atoms with Gasteiger partial charge in [0, 0.05) is 43.1 Å². The lowest BCUT2D eigenvalue weighted by molar-refractivity contribution is -0.149. The molecule has 10 nitrogen and oxygen atoms in total. The topological polar surface area (TPSA) is 131 Å². The third-order valence-corrected chi connectivity index (χ3v) is 8.51. The summed E-state index contributed by atoms with van der Waals surface area (Å²) in [5, 5.41) is 18.7. The molecule has 0 radical (unpaired) electrons. The van der Waals surface area contributed by atoms with Gasteiger partial charge in [0.05, 0.1) is 23.9 Å². The van der Waals surface area contributed by atoms with Crippen molar-refractivity contribution in [2.24, 2.45) is 5.92 Å². The average molecular weight is 530 g/mol. The van der Waals surface area contributed by atoms with Crippen LogP contribution in [0.1, 0.15) is 56.9 Å². The zero-order chi connectivity index (χ0) is 26.9. The first-order valence-corrected chi connectivity index (χ1v) is 13.9. The summed E-state index contributed by atoms with van der Waals surface area (Å²) >= 11 is 0. The molecule has 10 heteroatoms. The Morgan fingerprint density at radius 1 is 1.03 bits per heavy atom. The van der Waals surface area contributed by atoms with Gasteiger partial charge in [0.25, 0.3) is 0 Å². The van der Waals surface area contributed by atoms with Gasteiger partial charge in [0.2, 0.25) is 5.95 Å². The fraction of sp³-hybridized carbons (Fsp3) is 0.483. The van der Waals surface area contributed by atoms with E-state index in [9.17, 15) is 9.90 Å². The molecule has 1 aliphatic carbocycles. The molecule has 2 aliphatic heterocycles. The third kappa shape index (κ3) is 4.95. The predicted octanol–water partition coefficient (Wildman–Crippen LogP) is 3.92. The van der Waals surface area contributed by atoms with Crippen molar-refractivity contribution in [3.05, 3.63) is 48.3 Å². The predicted molar refractivity (Wildman–Crippen MR) is 148 cm³/mol. The van der Waals surface area contributed by atoms with Crippen LogP contribution >= 0.6 is 0 Å². The standard InChI is InChI=1S/C29H35N7O3/c1-2-39-28(38)19-9-7-18(8-10-19)20-14-31-29(32-15-20)36-21-11-12-22(36)17-35(16-21)25-13-24(33-34-27(25)30)23-5-3-4-6-26(23)37/h3-6,13-15,18-19,21-22,37H,2,7-12,16-17H2,1H3,(H2,30,34). The minimum Gasteiger partial charge on any atom is -0.507 e. The van der Waals surface area contributed by atoms with E-state index in [2.05, 4.69) is 20.0 Å². The lowest BCUT2D eigenvalue weighted by atomic mass is 9.79. The highest BCUT2D eigenvalue weighted by Crippen LogP contribution is 2.39. The molecular formula is C29H35N7O3. The maximum atomic E-state index is 12.1. The molecule has 2 atom stereocenters. The number of phenolic OH excluding ortho intramolecular Hbond substituents is 1. The first kappa shape index (κ1) is 25.3. The van der Waals surface area contributed by atoms with Crippen molar-refractivity contribution in [2.45, 2.75) is 63.5 Å². The number of hydrogen-bond donors (Lipinski definition) is 2. The Balaban J connectivity index is 1.14.